The highest BCUT2D eigenvalue weighted by Crippen LogP contribution is 2.56. The maximum atomic E-state index is 10.3. The highest BCUT2D eigenvalue weighted by atomic mass is 16.4. The first-order valence-electron chi connectivity index (χ1n) is 5.70. The van der Waals surface area contributed by atoms with Crippen LogP contribution in [0, 0.1) is 0 Å². The third-order valence-corrected chi connectivity index (χ3v) is 4.01. The van der Waals surface area contributed by atoms with Gasteiger partial charge in [0.2, 0.25) is 0 Å². The average Bonchev–Trinajstić information content (AvgIpc) is 2.91. The minimum absolute atomic E-state index is 0.222. The van der Waals surface area contributed by atoms with E-state index in [1.807, 2.05) is 12.1 Å². The van der Waals surface area contributed by atoms with Crippen LogP contribution in [-0.2, 0) is 0 Å². The lowest BCUT2D eigenvalue weighted by molar-refractivity contribution is 0.109. The van der Waals surface area contributed by atoms with Crippen molar-refractivity contribution in [2.24, 2.45) is 0 Å². The van der Waals surface area contributed by atoms with E-state index in [0.717, 1.165) is 12.2 Å². The summed E-state index contributed by atoms with van der Waals surface area (Å²) in [7, 11) is 0. The van der Waals surface area contributed by atoms with E-state index in [-0.39, 0.29) is 5.92 Å². The van der Waals surface area contributed by atoms with Crippen LogP contribution in [-0.4, -0.2) is 5.11 Å². The quantitative estimate of drug-likeness (QED) is 0.728. The van der Waals surface area contributed by atoms with Gasteiger partial charge in [0.1, 0.15) is 11.9 Å². The van der Waals surface area contributed by atoms with Gasteiger partial charge < -0.3 is 9.52 Å². The third kappa shape index (κ3) is 0.866. The molecule has 1 heterocycles. The summed E-state index contributed by atoms with van der Waals surface area (Å²) in [6.45, 7) is 0. The standard InChI is InChI=1S/C14H12O2/c15-13-12-7-11(10-5-6-16-14(10)13)8-3-1-2-4-9(8)12/h1-6,11-13,15H,7H2/t11-,12+,13-/m1/s1. The zero-order valence-corrected chi connectivity index (χ0v) is 8.76. The van der Waals surface area contributed by atoms with Crippen molar-refractivity contribution in [3.8, 4) is 0 Å². The van der Waals surface area contributed by atoms with Crippen molar-refractivity contribution in [1.82, 2.24) is 0 Å². The highest BCUT2D eigenvalue weighted by molar-refractivity contribution is 5.50. The molecule has 80 valence electrons. The minimum Gasteiger partial charge on any atom is -0.466 e. The number of aliphatic hydroxyl groups is 1. The van der Waals surface area contributed by atoms with Crippen LogP contribution in [0.4, 0.5) is 0 Å². The topological polar surface area (TPSA) is 33.4 Å². The Morgan fingerprint density at radius 3 is 2.75 bits per heavy atom. The second-order valence-corrected chi connectivity index (χ2v) is 4.71. The summed E-state index contributed by atoms with van der Waals surface area (Å²) in [5.41, 5.74) is 3.84. The molecule has 0 radical (unpaired) electrons. The van der Waals surface area contributed by atoms with Gasteiger partial charge in [0.05, 0.1) is 6.26 Å². The lowest BCUT2D eigenvalue weighted by Crippen LogP contribution is -2.14. The van der Waals surface area contributed by atoms with Gasteiger partial charge in [-0.15, -0.1) is 0 Å². The fraction of sp³-hybridized carbons (Fsp3) is 0.286. The first-order chi connectivity index (χ1) is 7.86. The Kier molecular flexibility index (Phi) is 1.49. The molecule has 1 aromatic heterocycles. The predicted octanol–water partition coefficient (Wildman–Crippen LogP) is 2.95. The van der Waals surface area contributed by atoms with Crippen LogP contribution in [0.3, 0.4) is 0 Å². The zero-order chi connectivity index (χ0) is 10.7. The van der Waals surface area contributed by atoms with Crippen LogP contribution in [0.15, 0.2) is 41.0 Å². The SMILES string of the molecule is O[C@H]1c2occc2[C@@H]2C[C@H]1c1ccccc12. The molecule has 2 bridgehead atoms. The molecule has 2 aliphatic rings. The number of furan rings is 1. The van der Waals surface area contributed by atoms with E-state index in [1.54, 1.807) is 6.26 Å². The number of fused-ring (bicyclic) bond motifs is 7. The normalized spacial score (nSPS) is 29.9. The molecule has 4 rings (SSSR count). The van der Waals surface area contributed by atoms with Crippen molar-refractivity contribution in [1.29, 1.82) is 0 Å². The largest absolute Gasteiger partial charge is 0.466 e. The molecule has 0 amide bonds. The average molecular weight is 212 g/mol. The molecular formula is C14H12O2. The summed E-state index contributed by atoms with van der Waals surface area (Å²) in [5, 5.41) is 10.3. The first-order valence-corrected chi connectivity index (χ1v) is 5.70. The van der Waals surface area contributed by atoms with Crippen LogP contribution in [0.1, 0.15) is 46.8 Å². The highest BCUT2D eigenvalue weighted by Gasteiger charge is 2.44. The molecule has 0 saturated carbocycles. The minimum atomic E-state index is -0.468. The number of hydrogen-bond donors (Lipinski definition) is 1. The van der Waals surface area contributed by atoms with Gasteiger partial charge in [-0.05, 0) is 23.6 Å². The van der Waals surface area contributed by atoms with Gasteiger partial charge in [0.25, 0.3) is 0 Å². The Bertz CT molecular complexity index is 555. The van der Waals surface area contributed by atoms with E-state index in [9.17, 15) is 5.11 Å². The van der Waals surface area contributed by atoms with Crippen LogP contribution >= 0.6 is 0 Å². The van der Waals surface area contributed by atoms with Crippen molar-refractivity contribution >= 4 is 0 Å². The van der Waals surface area contributed by atoms with Crippen molar-refractivity contribution in [2.75, 3.05) is 0 Å². The zero-order valence-electron chi connectivity index (χ0n) is 8.76. The fourth-order valence-electron chi connectivity index (χ4n) is 3.31. The van der Waals surface area contributed by atoms with Crippen molar-refractivity contribution < 1.29 is 9.52 Å². The van der Waals surface area contributed by atoms with E-state index >= 15 is 0 Å². The second kappa shape index (κ2) is 2.77. The number of hydrogen-bond acceptors (Lipinski definition) is 2. The van der Waals surface area contributed by atoms with Gasteiger partial charge >= 0.3 is 0 Å². The van der Waals surface area contributed by atoms with Gasteiger partial charge in [-0.25, -0.2) is 0 Å². The molecule has 0 spiro atoms. The fourth-order valence-corrected chi connectivity index (χ4v) is 3.31. The molecule has 2 nitrogen and oxygen atoms in total. The van der Waals surface area contributed by atoms with Crippen LogP contribution in [0.5, 0.6) is 0 Å². The number of aliphatic hydroxyl groups excluding tert-OH is 1. The Morgan fingerprint density at radius 2 is 1.88 bits per heavy atom. The van der Waals surface area contributed by atoms with Crippen LogP contribution < -0.4 is 0 Å². The molecule has 2 aliphatic carbocycles. The second-order valence-electron chi connectivity index (χ2n) is 4.71. The molecule has 0 saturated heterocycles. The molecule has 16 heavy (non-hydrogen) atoms. The number of benzene rings is 1. The first kappa shape index (κ1) is 8.59. The molecule has 1 N–H and O–H groups in total. The lowest BCUT2D eigenvalue weighted by Gasteiger charge is -2.24. The van der Waals surface area contributed by atoms with Crippen LogP contribution in [0.25, 0.3) is 0 Å². The van der Waals surface area contributed by atoms with Gasteiger partial charge in [0, 0.05) is 17.4 Å². The van der Waals surface area contributed by atoms with Crippen LogP contribution in [0.2, 0.25) is 0 Å². The van der Waals surface area contributed by atoms with E-state index in [2.05, 4.69) is 18.2 Å². The van der Waals surface area contributed by atoms with E-state index < -0.39 is 6.10 Å². The summed E-state index contributed by atoms with van der Waals surface area (Å²) in [6, 6.07) is 10.4. The maximum absolute atomic E-state index is 10.3. The van der Waals surface area contributed by atoms with Gasteiger partial charge in [-0.3, -0.25) is 0 Å². The Morgan fingerprint density at radius 1 is 1.06 bits per heavy atom. The molecule has 2 heteroatoms. The third-order valence-electron chi connectivity index (χ3n) is 4.01. The summed E-state index contributed by atoms with van der Waals surface area (Å²) >= 11 is 0. The van der Waals surface area contributed by atoms with Crippen molar-refractivity contribution in [3.05, 3.63) is 59.0 Å². The van der Waals surface area contributed by atoms with Gasteiger partial charge in [-0.1, -0.05) is 24.3 Å². The van der Waals surface area contributed by atoms with E-state index in [4.69, 9.17) is 4.42 Å². The maximum Gasteiger partial charge on any atom is 0.136 e. The summed E-state index contributed by atoms with van der Waals surface area (Å²) in [4.78, 5) is 0. The summed E-state index contributed by atoms with van der Waals surface area (Å²) in [6.07, 6.45) is 2.24. The smallest absolute Gasteiger partial charge is 0.136 e. The Balaban J connectivity index is 2.02. The molecule has 0 fully saturated rings. The molecule has 2 aromatic rings. The molecule has 0 aliphatic heterocycles. The Labute approximate surface area is 93.5 Å². The molecule has 1 aromatic carbocycles. The number of rotatable bonds is 0. The Hall–Kier alpha value is -1.54. The van der Waals surface area contributed by atoms with Gasteiger partial charge in [0.15, 0.2) is 0 Å². The monoisotopic (exact) mass is 212 g/mol. The van der Waals surface area contributed by atoms with Gasteiger partial charge in [-0.2, -0.15) is 0 Å². The van der Waals surface area contributed by atoms with Crippen molar-refractivity contribution in [2.45, 2.75) is 24.4 Å². The predicted molar refractivity (Wildman–Crippen MR) is 59.3 cm³/mol. The lowest BCUT2D eigenvalue weighted by atomic mass is 9.83. The molecule has 0 unspecified atom stereocenters. The molecule has 3 atom stereocenters. The van der Waals surface area contributed by atoms with E-state index in [0.29, 0.717) is 5.92 Å². The summed E-state index contributed by atoms with van der Waals surface area (Å²) < 4.78 is 5.43. The summed E-state index contributed by atoms with van der Waals surface area (Å²) in [5.74, 6) is 1.43. The van der Waals surface area contributed by atoms with Crippen molar-refractivity contribution in [3.63, 3.8) is 0 Å². The molecular weight excluding hydrogens is 200 g/mol. The van der Waals surface area contributed by atoms with E-state index in [1.165, 1.54) is 16.7 Å².